The van der Waals surface area contributed by atoms with Crippen molar-refractivity contribution in [1.82, 2.24) is 9.80 Å². The fraction of sp³-hybridized carbons (Fsp3) is 1.00. The van der Waals surface area contributed by atoms with E-state index in [2.05, 4.69) is 4.90 Å². The van der Waals surface area contributed by atoms with Gasteiger partial charge in [0.15, 0.2) is 6.30 Å². The number of likely N-dealkylation sites (N-methyl/N-ethyl adjacent to an activating group) is 2. The molecular weight excluding hydrogens is 207 g/mol. The average Bonchev–Trinajstić information content (AvgIpc) is 2.21. The van der Waals surface area contributed by atoms with Crippen molar-refractivity contribution in [3.63, 3.8) is 0 Å². The first-order chi connectivity index (χ1) is 7.34. The maximum absolute atomic E-state index is 13.6. The van der Waals surface area contributed by atoms with Gasteiger partial charge in [0.1, 0.15) is 0 Å². The van der Waals surface area contributed by atoms with E-state index in [0.29, 0.717) is 6.73 Å². The van der Waals surface area contributed by atoms with E-state index in [9.17, 15) is 4.39 Å². The summed E-state index contributed by atoms with van der Waals surface area (Å²) >= 11 is 0. The van der Waals surface area contributed by atoms with E-state index in [4.69, 9.17) is 4.74 Å². The average molecular weight is 234 g/mol. The fourth-order valence-electron chi connectivity index (χ4n) is 1.30. The second kappa shape index (κ2) is 7.98. The van der Waals surface area contributed by atoms with Gasteiger partial charge in [-0.1, -0.05) is 13.8 Å². The van der Waals surface area contributed by atoms with Gasteiger partial charge in [-0.05, 0) is 33.9 Å². The maximum Gasteiger partial charge on any atom is 0.155 e. The molecule has 0 aromatic carbocycles. The largest absolute Gasteiger partial charge is 0.363 e. The summed E-state index contributed by atoms with van der Waals surface area (Å²) in [5.74, 6) is 0.0437. The Bertz CT molecular complexity index is 176. The Kier molecular flexibility index (Phi) is 7.89. The molecule has 0 aromatic rings. The second-order valence-corrected chi connectivity index (χ2v) is 5.02. The number of alkyl halides is 1. The lowest BCUT2D eigenvalue weighted by atomic mass is 10.2. The first-order valence-corrected chi connectivity index (χ1v) is 5.99. The van der Waals surface area contributed by atoms with Crippen LogP contribution in [0.4, 0.5) is 4.39 Å². The lowest BCUT2D eigenvalue weighted by molar-refractivity contribution is -0.00566. The van der Waals surface area contributed by atoms with Gasteiger partial charge in [-0.3, -0.25) is 9.80 Å². The molecule has 0 aliphatic carbocycles. The third-order valence-electron chi connectivity index (χ3n) is 2.43. The molecule has 16 heavy (non-hydrogen) atoms. The number of ether oxygens (including phenoxy) is 1. The summed E-state index contributed by atoms with van der Waals surface area (Å²) in [6.45, 7) is 9.95. The molecule has 0 spiro atoms. The smallest absolute Gasteiger partial charge is 0.155 e. The van der Waals surface area contributed by atoms with Gasteiger partial charge in [-0.15, -0.1) is 0 Å². The van der Waals surface area contributed by atoms with Crippen molar-refractivity contribution < 1.29 is 9.13 Å². The third kappa shape index (κ3) is 7.14. The highest BCUT2D eigenvalue weighted by atomic mass is 19.1. The Hall–Kier alpha value is -0.190. The van der Waals surface area contributed by atoms with Crippen molar-refractivity contribution in [2.45, 2.75) is 40.1 Å². The van der Waals surface area contributed by atoms with Crippen LogP contribution in [-0.4, -0.2) is 56.1 Å². The zero-order chi connectivity index (χ0) is 12.7. The molecule has 0 aliphatic rings. The topological polar surface area (TPSA) is 15.7 Å². The zero-order valence-electron chi connectivity index (χ0n) is 11.5. The molecular formula is C12H27FN2O. The molecule has 98 valence electrons. The van der Waals surface area contributed by atoms with Crippen LogP contribution in [0.5, 0.6) is 0 Å². The first kappa shape index (κ1) is 15.8. The summed E-state index contributed by atoms with van der Waals surface area (Å²) in [5.41, 5.74) is 0. The van der Waals surface area contributed by atoms with E-state index in [1.165, 1.54) is 0 Å². The molecule has 1 atom stereocenters. The van der Waals surface area contributed by atoms with Crippen LogP contribution in [-0.2, 0) is 4.74 Å². The molecule has 0 rings (SSSR count). The Balaban J connectivity index is 3.70. The van der Waals surface area contributed by atoms with Crippen LogP contribution in [0.25, 0.3) is 0 Å². The second-order valence-electron chi connectivity index (χ2n) is 5.02. The van der Waals surface area contributed by atoms with E-state index in [1.807, 2.05) is 41.8 Å². The van der Waals surface area contributed by atoms with E-state index in [0.717, 1.165) is 13.1 Å². The molecule has 0 aromatic heterocycles. The van der Waals surface area contributed by atoms with Crippen LogP contribution in [0.2, 0.25) is 0 Å². The lowest BCUT2D eigenvalue weighted by Gasteiger charge is -2.26. The summed E-state index contributed by atoms with van der Waals surface area (Å²) in [5, 5.41) is 0. The van der Waals surface area contributed by atoms with Crippen molar-refractivity contribution in [1.29, 1.82) is 0 Å². The van der Waals surface area contributed by atoms with Gasteiger partial charge in [-0.25, -0.2) is 4.39 Å². The molecule has 0 saturated carbocycles. The summed E-state index contributed by atoms with van der Waals surface area (Å²) < 4.78 is 19.0. The molecule has 4 heteroatoms. The first-order valence-electron chi connectivity index (χ1n) is 5.99. The molecule has 0 bridgehead atoms. The highest BCUT2D eigenvalue weighted by Crippen LogP contribution is 2.09. The summed E-state index contributed by atoms with van der Waals surface area (Å²) in [6, 6.07) is 0. The highest BCUT2D eigenvalue weighted by Gasteiger charge is 2.17. The van der Waals surface area contributed by atoms with Gasteiger partial charge in [0.2, 0.25) is 0 Å². The minimum absolute atomic E-state index is 0.0437. The van der Waals surface area contributed by atoms with Crippen LogP contribution >= 0.6 is 0 Å². The number of halogens is 1. The monoisotopic (exact) mass is 234 g/mol. The molecule has 0 fully saturated rings. The Morgan fingerprint density at radius 3 is 2.06 bits per heavy atom. The van der Waals surface area contributed by atoms with Crippen LogP contribution in [0.15, 0.2) is 0 Å². The normalized spacial score (nSPS) is 14.4. The summed E-state index contributed by atoms with van der Waals surface area (Å²) in [4.78, 5) is 3.81. The molecule has 1 unspecified atom stereocenters. The third-order valence-corrected chi connectivity index (χ3v) is 2.43. The molecule has 0 radical (unpaired) electrons. The fourth-order valence-corrected chi connectivity index (χ4v) is 1.30. The van der Waals surface area contributed by atoms with Crippen molar-refractivity contribution in [2.75, 3.05) is 33.9 Å². The molecule has 0 N–H and O–H groups in total. The quantitative estimate of drug-likeness (QED) is 0.473. The van der Waals surface area contributed by atoms with Crippen LogP contribution in [0, 0.1) is 5.92 Å². The molecule has 0 heterocycles. The Labute approximate surface area is 99.6 Å². The number of rotatable bonds is 8. The van der Waals surface area contributed by atoms with E-state index in [-0.39, 0.29) is 12.0 Å². The molecule has 0 amide bonds. The zero-order valence-corrected chi connectivity index (χ0v) is 11.5. The highest BCUT2D eigenvalue weighted by molar-refractivity contribution is 4.62. The van der Waals surface area contributed by atoms with Crippen molar-refractivity contribution >= 4 is 0 Å². The standard InChI is InChI=1S/C12H27FN2O/c1-10(2)12(13)15(6)8-7-14(5)9-16-11(3)4/h10-12H,7-9H2,1-6H3. The van der Waals surface area contributed by atoms with E-state index < -0.39 is 6.30 Å². The van der Waals surface area contributed by atoms with Gasteiger partial charge >= 0.3 is 0 Å². The van der Waals surface area contributed by atoms with Gasteiger partial charge in [0.05, 0.1) is 12.8 Å². The minimum atomic E-state index is -0.862. The Morgan fingerprint density at radius 1 is 1.06 bits per heavy atom. The minimum Gasteiger partial charge on any atom is -0.363 e. The maximum atomic E-state index is 13.6. The predicted octanol–water partition coefficient (Wildman–Crippen LogP) is 2.18. The van der Waals surface area contributed by atoms with E-state index >= 15 is 0 Å². The molecule has 0 aliphatic heterocycles. The summed E-state index contributed by atoms with van der Waals surface area (Å²) in [7, 11) is 3.81. The SMILES string of the molecule is CC(C)OCN(C)CCN(C)C(F)C(C)C. The lowest BCUT2D eigenvalue weighted by Crippen LogP contribution is -2.38. The molecule has 3 nitrogen and oxygen atoms in total. The van der Waals surface area contributed by atoms with Gasteiger partial charge < -0.3 is 4.74 Å². The van der Waals surface area contributed by atoms with E-state index in [1.54, 1.807) is 4.90 Å². The van der Waals surface area contributed by atoms with Crippen molar-refractivity contribution in [3.05, 3.63) is 0 Å². The van der Waals surface area contributed by atoms with Crippen LogP contribution in [0.3, 0.4) is 0 Å². The number of nitrogens with zero attached hydrogens (tertiary/aromatic N) is 2. The summed E-state index contributed by atoms with van der Waals surface area (Å²) in [6.07, 6.45) is -0.621. The van der Waals surface area contributed by atoms with Crippen LogP contribution < -0.4 is 0 Å². The number of hydrogen-bond donors (Lipinski definition) is 0. The predicted molar refractivity (Wildman–Crippen MR) is 66.1 cm³/mol. The number of hydrogen-bond acceptors (Lipinski definition) is 3. The van der Waals surface area contributed by atoms with Crippen LogP contribution in [0.1, 0.15) is 27.7 Å². The van der Waals surface area contributed by atoms with Gasteiger partial charge in [-0.2, -0.15) is 0 Å². The molecule has 0 saturated heterocycles. The van der Waals surface area contributed by atoms with Gasteiger partial charge in [0, 0.05) is 13.1 Å². The van der Waals surface area contributed by atoms with Crippen molar-refractivity contribution in [2.24, 2.45) is 5.92 Å². The van der Waals surface area contributed by atoms with Gasteiger partial charge in [0.25, 0.3) is 0 Å². The van der Waals surface area contributed by atoms with Crippen molar-refractivity contribution in [3.8, 4) is 0 Å². The Morgan fingerprint density at radius 2 is 1.62 bits per heavy atom.